The zero-order valence-electron chi connectivity index (χ0n) is 10.2. The number of aromatic nitrogens is 1. The number of benzene rings is 1. The summed E-state index contributed by atoms with van der Waals surface area (Å²) in [5.74, 6) is 0. The highest BCUT2D eigenvalue weighted by Crippen LogP contribution is 2.06. The van der Waals surface area contributed by atoms with Crippen LogP contribution in [0.5, 0.6) is 0 Å². The highest BCUT2D eigenvalue weighted by atomic mass is 14.8. The van der Waals surface area contributed by atoms with Gasteiger partial charge in [0.15, 0.2) is 0 Å². The molecular weight excluding hydrogens is 208 g/mol. The van der Waals surface area contributed by atoms with Crippen molar-refractivity contribution in [2.45, 2.75) is 19.9 Å². The van der Waals surface area contributed by atoms with Crippen LogP contribution in [0.4, 0.5) is 0 Å². The maximum atomic E-state index is 4.11. The highest BCUT2D eigenvalue weighted by Gasteiger charge is 1.96. The van der Waals surface area contributed by atoms with Crippen molar-refractivity contribution in [1.29, 1.82) is 0 Å². The molecule has 0 aliphatic carbocycles. The number of hydrogen-bond donors (Lipinski definition) is 1. The average molecular weight is 226 g/mol. The zero-order chi connectivity index (χ0) is 11.9. The summed E-state index contributed by atoms with van der Waals surface area (Å²) in [4.78, 5) is 4.11. The lowest BCUT2D eigenvalue weighted by Gasteiger charge is -2.07. The summed E-state index contributed by atoms with van der Waals surface area (Å²) in [6.45, 7) is 4.07. The number of aryl methyl sites for hydroxylation is 1. The Hall–Kier alpha value is -1.67. The van der Waals surface area contributed by atoms with E-state index >= 15 is 0 Å². The first-order valence-corrected chi connectivity index (χ1v) is 6.00. The van der Waals surface area contributed by atoms with Gasteiger partial charge in [-0.05, 0) is 42.6 Å². The molecule has 2 nitrogen and oxygen atoms in total. The van der Waals surface area contributed by atoms with Gasteiger partial charge in [-0.1, -0.05) is 30.3 Å². The van der Waals surface area contributed by atoms with Crippen LogP contribution < -0.4 is 5.32 Å². The predicted octanol–water partition coefficient (Wildman–Crippen LogP) is 2.72. The lowest BCUT2D eigenvalue weighted by molar-refractivity contribution is 0.683. The maximum absolute atomic E-state index is 4.11. The Kier molecular flexibility index (Phi) is 4.28. The van der Waals surface area contributed by atoms with Gasteiger partial charge < -0.3 is 5.32 Å². The number of nitrogens with zero attached hydrogens (tertiary/aromatic N) is 1. The fourth-order valence-corrected chi connectivity index (χ4v) is 1.81. The van der Waals surface area contributed by atoms with E-state index in [0.29, 0.717) is 0 Å². The molecule has 0 fully saturated rings. The molecule has 88 valence electrons. The van der Waals surface area contributed by atoms with Gasteiger partial charge in [0.25, 0.3) is 0 Å². The first-order chi connectivity index (χ1) is 8.36. The second-order valence-corrected chi connectivity index (χ2v) is 4.21. The van der Waals surface area contributed by atoms with Crippen LogP contribution in [0.15, 0.2) is 48.8 Å². The molecule has 0 radical (unpaired) electrons. The van der Waals surface area contributed by atoms with E-state index < -0.39 is 0 Å². The standard InChI is InChI=1S/C15H18N2/c1-13-5-2-3-7-15(13)12-17-10-8-14-6-4-9-16-11-14/h2-7,9,11,17H,8,10,12H2,1H3. The lowest BCUT2D eigenvalue weighted by Crippen LogP contribution is -2.17. The first kappa shape index (κ1) is 11.8. The van der Waals surface area contributed by atoms with E-state index in [9.17, 15) is 0 Å². The van der Waals surface area contributed by atoms with Crippen LogP contribution in [0.2, 0.25) is 0 Å². The second-order valence-electron chi connectivity index (χ2n) is 4.21. The molecule has 0 saturated carbocycles. The van der Waals surface area contributed by atoms with Gasteiger partial charge >= 0.3 is 0 Å². The largest absolute Gasteiger partial charge is 0.312 e. The molecule has 2 rings (SSSR count). The van der Waals surface area contributed by atoms with Crippen LogP contribution in [-0.2, 0) is 13.0 Å². The monoisotopic (exact) mass is 226 g/mol. The van der Waals surface area contributed by atoms with E-state index in [4.69, 9.17) is 0 Å². The van der Waals surface area contributed by atoms with Gasteiger partial charge in [0.1, 0.15) is 0 Å². The van der Waals surface area contributed by atoms with Crippen molar-refractivity contribution in [2.24, 2.45) is 0 Å². The van der Waals surface area contributed by atoms with Gasteiger partial charge in [-0.15, -0.1) is 0 Å². The molecule has 1 aromatic heterocycles. The smallest absolute Gasteiger partial charge is 0.0300 e. The van der Waals surface area contributed by atoms with Gasteiger partial charge in [-0.3, -0.25) is 4.98 Å². The van der Waals surface area contributed by atoms with Gasteiger partial charge in [0, 0.05) is 18.9 Å². The highest BCUT2D eigenvalue weighted by molar-refractivity contribution is 5.25. The van der Waals surface area contributed by atoms with Crippen LogP contribution in [0.1, 0.15) is 16.7 Å². The molecule has 0 saturated heterocycles. The minimum Gasteiger partial charge on any atom is -0.312 e. The van der Waals surface area contributed by atoms with Crippen molar-refractivity contribution in [1.82, 2.24) is 10.3 Å². The van der Waals surface area contributed by atoms with Crippen molar-refractivity contribution in [3.05, 3.63) is 65.5 Å². The summed E-state index contributed by atoms with van der Waals surface area (Å²) in [7, 11) is 0. The van der Waals surface area contributed by atoms with E-state index in [2.05, 4.69) is 47.6 Å². The van der Waals surface area contributed by atoms with Crippen LogP contribution in [-0.4, -0.2) is 11.5 Å². The molecule has 0 bridgehead atoms. The SMILES string of the molecule is Cc1ccccc1CNCCc1cccnc1. The number of nitrogens with one attached hydrogen (secondary N) is 1. The summed E-state index contributed by atoms with van der Waals surface area (Å²) >= 11 is 0. The molecule has 0 atom stereocenters. The van der Waals surface area contributed by atoms with E-state index in [1.165, 1.54) is 16.7 Å². The van der Waals surface area contributed by atoms with Crippen molar-refractivity contribution in [3.63, 3.8) is 0 Å². The lowest BCUT2D eigenvalue weighted by atomic mass is 10.1. The van der Waals surface area contributed by atoms with Crippen LogP contribution in [0.3, 0.4) is 0 Å². The minimum absolute atomic E-state index is 0.937. The maximum Gasteiger partial charge on any atom is 0.0300 e. The Morgan fingerprint density at radius 1 is 1.12 bits per heavy atom. The van der Waals surface area contributed by atoms with Gasteiger partial charge in [-0.25, -0.2) is 0 Å². The quantitative estimate of drug-likeness (QED) is 0.793. The summed E-state index contributed by atoms with van der Waals surface area (Å²) in [6.07, 6.45) is 4.76. The molecule has 1 heterocycles. The fraction of sp³-hybridized carbons (Fsp3) is 0.267. The zero-order valence-corrected chi connectivity index (χ0v) is 10.2. The van der Waals surface area contributed by atoms with Crippen LogP contribution >= 0.6 is 0 Å². The molecule has 1 N–H and O–H groups in total. The number of pyridine rings is 1. The van der Waals surface area contributed by atoms with E-state index in [1.54, 1.807) is 0 Å². The molecule has 0 spiro atoms. The molecule has 2 aromatic rings. The summed E-state index contributed by atoms with van der Waals surface area (Å²) in [5.41, 5.74) is 4.00. The Bertz CT molecular complexity index is 451. The third-order valence-electron chi connectivity index (χ3n) is 2.89. The summed E-state index contributed by atoms with van der Waals surface area (Å²) < 4.78 is 0. The Labute approximate surface area is 103 Å². The molecule has 0 aliphatic rings. The Morgan fingerprint density at radius 2 is 2.00 bits per heavy atom. The van der Waals surface area contributed by atoms with Crippen molar-refractivity contribution in [2.75, 3.05) is 6.54 Å². The molecule has 17 heavy (non-hydrogen) atoms. The van der Waals surface area contributed by atoms with Crippen molar-refractivity contribution in [3.8, 4) is 0 Å². The second kappa shape index (κ2) is 6.16. The van der Waals surface area contributed by atoms with E-state index in [-0.39, 0.29) is 0 Å². The third kappa shape index (κ3) is 3.68. The number of hydrogen-bond acceptors (Lipinski definition) is 2. The molecule has 2 heteroatoms. The third-order valence-corrected chi connectivity index (χ3v) is 2.89. The normalized spacial score (nSPS) is 10.4. The van der Waals surface area contributed by atoms with E-state index in [0.717, 1.165) is 19.5 Å². The summed E-state index contributed by atoms with van der Waals surface area (Å²) in [5, 5.41) is 3.46. The topological polar surface area (TPSA) is 24.9 Å². The minimum atomic E-state index is 0.937. The molecule has 0 unspecified atom stereocenters. The fourth-order valence-electron chi connectivity index (χ4n) is 1.81. The average Bonchev–Trinajstić information content (AvgIpc) is 2.38. The van der Waals surface area contributed by atoms with Crippen LogP contribution in [0, 0.1) is 6.92 Å². The Balaban J connectivity index is 1.76. The van der Waals surface area contributed by atoms with E-state index in [1.807, 2.05) is 18.5 Å². The van der Waals surface area contributed by atoms with Gasteiger partial charge in [0.05, 0.1) is 0 Å². The molecule has 0 amide bonds. The molecule has 0 aliphatic heterocycles. The summed E-state index contributed by atoms with van der Waals surface area (Å²) in [6, 6.07) is 12.6. The van der Waals surface area contributed by atoms with Crippen LogP contribution in [0.25, 0.3) is 0 Å². The molecule has 1 aromatic carbocycles. The van der Waals surface area contributed by atoms with Crippen molar-refractivity contribution >= 4 is 0 Å². The first-order valence-electron chi connectivity index (χ1n) is 6.00. The Morgan fingerprint density at radius 3 is 2.76 bits per heavy atom. The number of rotatable bonds is 5. The van der Waals surface area contributed by atoms with Crippen molar-refractivity contribution < 1.29 is 0 Å². The van der Waals surface area contributed by atoms with Gasteiger partial charge in [0.2, 0.25) is 0 Å². The molecular formula is C15H18N2. The predicted molar refractivity (Wildman–Crippen MR) is 70.8 cm³/mol. The van der Waals surface area contributed by atoms with Gasteiger partial charge in [-0.2, -0.15) is 0 Å².